The van der Waals surface area contributed by atoms with Gasteiger partial charge in [-0.3, -0.25) is 0 Å². The van der Waals surface area contributed by atoms with Crippen LogP contribution in [0.2, 0.25) is 0 Å². The molecule has 0 atom stereocenters. The van der Waals surface area contributed by atoms with Crippen LogP contribution in [-0.2, 0) is 0 Å². The molecule has 3 aromatic rings. The molecule has 3 aromatic carbocycles. The Morgan fingerprint density at radius 1 is 0.172 bits per heavy atom. The minimum atomic E-state index is 0. The quantitative estimate of drug-likeness (QED) is 0.352. The van der Waals surface area contributed by atoms with Crippen LogP contribution in [0.1, 0.15) is 76.7 Å². The zero-order valence-electron chi connectivity index (χ0n) is 20.4. The molecule has 0 fully saturated rings. The Balaban J connectivity index is -0.0000000556. The van der Waals surface area contributed by atoms with Crippen molar-refractivity contribution in [2.24, 2.45) is 0 Å². The molecule has 0 aliphatic rings. The monoisotopic (exact) mass is 400 g/mol. The van der Waals surface area contributed by atoms with Crippen LogP contribution in [0.5, 0.6) is 0 Å². The summed E-state index contributed by atoms with van der Waals surface area (Å²) in [6, 6.07) is 36.0. The van der Waals surface area contributed by atoms with Crippen molar-refractivity contribution in [2.45, 2.75) is 76.7 Å². The van der Waals surface area contributed by atoms with Gasteiger partial charge in [-0.25, -0.2) is 0 Å². The molecule has 0 saturated heterocycles. The van der Waals surface area contributed by atoms with Crippen molar-refractivity contribution in [1.29, 1.82) is 0 Å². The summed E-state index contributed by atoms with van der Waals surface area (Å²) in [5.41, 5.74) is 0. The number of hydrogen-bond donors (Lipinski definition) is 0. The predicted octanol–water partition coefficient (Wildman–Crippen LogP) is 10.8. The lowest BCUT2D eigenvalue weighted by Crippen LogP contribution is -1.47. The van der Waals surface area contributed by atoms with E-state index in [0.29, 0.717) is 0 Å². The smallest absolute Gasteiger partial charge is 0.0623 e. The van der Waals surface area contributed by atoms with E-state index < -0.39 is 0 Å². The Morgan fingerprint density at radius 3 is 0.241 bits per heavy atom. The maximum Gasteiger partial charge on any atom is -0.0623 e. The Morgan fingerprint density at radius 2 is 0.207 bits per heavy atom. The number of benzene rings is 3. The van der Waals surface area contributed by atoms with E-state index in [-0.39, 0.29) is 7.43 Å². The average molecular weight is 401 g/mol. The number of rotatable bonds is 0. The highest BCUT2D eigenvalue weighted by atomic mass is 13.7. The lowest BCUT2D eigenvalue weighted by atomic mass is 10.4. The molecule has 0 heteroatoms. The first kappa shape index (κ1) is 41.1. The zero-order valence-corrected chi connectivity index (χ0v) is 20.4. The molecule has 0 amide bonds. The van der Waals surface area contributed by atoms with Crippen molar-refractivity contribution in [3.63, 3.8) is 0 Å². The second-order valence-electron chi connectivity index (χ2n) is 3.46. The first-order chi connectivity index (χ1) is 14.0. The number of hydrogen-bond acceptors (Lipinski definition) is 0. The summed E-state index contributed by atoms with van der Waals surface area (Å²) in [5, 5.41) is 0. The Labute approximate surface area is 186 Å². The van der Waals surface area contributed by atoms with Crippen LogP contribution in [0.25, 0.3) is 0 Å². The molecule has 0 saturated carbocycles. The molecule has 0 heterocycles. The zero-order chi connectivity index (χ0) is 22.7. The molecule has 0 bridgehead atoms. The average Bonchev–Trinajstić information content (AvgIpc) is 2.89. The minimum absolute atomic E-state index is 0. The third-order valence-corrected chi connectivity index (χ3v) is 2.00. The van der Waals surface area contributed by atoms with E-state index in [4.69, 9.17) is 0 Å². The van der Waals surface area contributed by atoms with Crippen molar-refractivity contribution >= 4 is 0 Å². The lowest BCUT2D eigenvalue weighted by Gasteiger charge is -1.69. The highest BCUT2D eigenvalue weighted by Crippen LogP contribution is 1.81. The summed E-state index contributed by atoms with van der Waals surface area (Å²) in [6.45, 7) is 20.0. The highest BCUT2D eigenvalue weighted by molar-refractivity contribution is 5.00. The summed E-state index contributed by atoms with van der Waals surface area (Å²) >= 11 is 0. The van der Waals surface area contributed by atoms with Gasteiger partial charge >= 0.3 is 0 Å². The van der Waals surface area contributed by atoms with Gasteiger partial charge in [0.05, 0.1) is 0 Å². The first-order valence-electron chi connectivity index (χ1n) is 11.0. The van der Waals surface area contributed by atoms with Gasteiger partial charge in [0.15, 0.2) is 0 Å². The van der Waals surface area contributed by atoms with Crippen LogP contribution in [0.15, 0.2) is 109 Å². The van der Waals surface area contributed by atoms with Crippen LogP contribution in [0, 0.1) is 0 Å². The molecule has 0 nitrogen and oxygen atoms in total. The summed E-state index contributed by atoms with van der Waals surface area (Å²) in [7, 11) is 0. The molecule has 0 aliphatic carbocycles. The van der Waals surface area contributed by atoms with Gasteiger partial charge in [-0.15, -0.1) is 0 Å². The van der Waals surface area contributed by atoms with Gasteiger partial charge in [-0.2, -0.15) is 0 Å². The van der Waals surface area contributed by atoms with Crippen molar-refractivity contribution in [3.05, 3.63) is 109 Å². The molecule has 0 aromatic heterocycles. The fourth-order valence-corrected chi connectivity index (χ4v) is 1.15. The standard InChI is InChI=1S/3C6H6.5C2H6.CH4/c3*1-2-4-6-5-3-1;5*1-2;/h3*1-6H;5*1-2H3;1H4. The van der Waals surface area contributed by atoms with Crippen molar-refractivity contribution in [2.75, 3.05) is 0 Å². The van der Waals surface area contributed by atoms with Gasteiger partial charge in [-0.05, 0) is 0 Å². The first-order valence-corrected chi connectivity index (χ1v) is 11.0. The molecule has 29 heavy (non-hydrogen) atoms. The minimum Gasteiger partial charge on any atom is -0.0776 e. The van der Waals surface area contributed by atoms with Crippen LogP contribution >= 0.6 is 0 Å². The van der Waals surface area contributed by atoms with Crippen LogP contribution < -0.4 is 0 Å². The van der Waals surface area contributed by atoms with E-state index in [9.17, 15) is 0 Å². The SMILES string of the molecule is C.CC.CC.CC.CC.CC.c1ccccc1.c1ccccc1.c1ccccc1. The largest absolute Gasteiger partial charge is 0.0776 e. The summed E-state index contributed by atoms with van der Waals surface area (Å²) in [6.07, 6.45) is 0. The van der Waals surface area contributed by atoms with Crippen LogP contribution in [0.3, 0.4) is 0 Å². The fraction of sp³-hybridized carbons (Fsp3) is 0.379. The Bertz CT molecular complexity index is 291. The van der Waals surface area contributed by atoms with Crippen LogP contribution in [0.4, 0.5) is 0 Å². The van der Waals surface area contributed by atoms with Crippen molar-refractivity contribution < 1.29 is 0 Å². The molecular weight excluding hydrogens is 348 g/mol. The van der Waals surface area contributed by atoms with E-state index in [1.807, 2.05) is 178 Å². The Kier molecular flexibility index (Phi) is 90.2. The molecular formula is C29H52. The maximum atomic E-state index is 2.00. The van der Waals surface area contributed by atoms with Gasteiger partial charge in [0.2, 0.25) is 0 Å². The lowest BCUT2D eigenvalue weighted by molar-refractivity contribution is 1.50. The van der Waals surface area contributed by atoms with Crippen LogP contribution in [-0.4, -0.2) is 0 Å². The molecule has 0 unspecified atom stereocenters. The molecule has 3 rings (SSSR count). The fourth-order valence-electron chi connectivity index (χ4n) is 1.15. The third-order valence-electron chi connectivity index (χ3n) is 2.00. The van der Waals surface area contributed by atoms with E-state index in [1.54, 1.807) is 0 Å². The second kappa shape index (κ2) is 63.6. The molecule has 0 aliphatic heterocycles. The normalized spacial score (nSPS) is 6.00. The maximum absolute atomic E-state index is 2.00. The Hall–Kier alpha value is -2.34. The van der Waals surface area contributed by atoms with Gasteiger partial charge in [-0.1, -0.05) is 186 Å². The second-order valence-corrected chi connectivity index (χ2v) is 3.46. The summed E-state index contributed by atoms with van der Waals surface area (Å²) < 4.78 is 0. The van der Waals surface area contributed by atoms with Crippen molar-refractivity contribution in [3.8, 4) is 0 Å². The van der Waals surface area contributed by atoms with Crippen molar-refractivity contribution in [1.82, 2.24) is 0 Å². The predicted molar refractivity (Wildman–Crippen MR) is 143 cm³/mol. The van der Waals surface area contributed by atoms with E-state index in [2.05, 4.69) is 0 Å². The molecule has 0 spiro atoms. The topological polar surface area (TPSA) is 0 Å². The van der Waals surface area contributed by atoms with E-state index >= 15 is 0 Å². The molecule has 168 valence electrons. The summed E-state index contributed by atoms with van der Waals surface area (Å²) in [5.74, 6) is 0. The van der Waals surface area contributed by atoms with E-state index in [0.717, 1.165) is 0 Å². The summed E-state index contributed by atoms with van der Waals surface area (Å²) in [4.78, 5) is 0. The highest BCUT2D eigenvalue weighted by Gasteiger charge is 1.59. The van der Waals surface area contributed by atoms with Gasteiger partial charge in [0.25, 0.3) is 0 Å². The third kappa shape index (κ3) is 58.6. The molecule has 0 N–H and O–H groups in total. The van der Waals surface area contributed by atoms with E-state index in [1.165, 1.54) is 0 Å². The van der Waals surface area contributed by atoms with Gasteiger partial charge in [0.1, 0.15) is 0 Å². The molecule has 0 radical (unpaired) electrons. The van der Waals surface area contributed by atoms with Gasteiger partial charge in [0, 0.05) is 0 Å². The van der Waals surface area contributed by atoms with Gasteiger partial charge < -0.3 is 0 Å².